The lowest BCUT2D eigenvalue weighted by Gasteiger charge is -2.49. The van der Waals surface area contributed by atoms with Crippen molar-refractivity contribution in [2.24, 2.45) is 23.0 Å². The summed E-state index contributed by atoms with van der Waals surface area (Å²) < 4.78 is 0. The number of aromatic hydroxyl groups is 1. The minimum absolute atomic E-state index is 0.0188. The molecule has 1 aromatic rings. The molecule has 0 heterocycles. The van der Waals surface area contributed by atoms with Gasteiger partial charge in [-0.15, -0.1) is 0 Å². The highest BCUT2D eigenvalue weighted by atomic mass is 16.3. The van der Waals surface area contributed by atoms with Crippen molar-refractivity contribution in [3.05, 3.63) is 63.9 Å². The van der Waals surface area contributed by atoms with Crippen LogP contribution in [0.15, 0.2) is 52.8 Å². The van der Waals surface area contributed by atoms with Gasteiger partial charge in [-0.2, -0.15) is 0 Å². The molecule has 154 valence electrons. The molecule has 0 spiro atoms. The molecule has 4 nitrogen and oxygen atoms in total. The number of hydrogen-bond acceptors (Lipinski definition) is 4. The second-order valence-electron chi connectivity index (χ2n) is 8.43. The molecule has 0 aromatic heterocycles. The molecule has 0 bridgehead atoms. The number of nitrogens with two attached hydrogens (primary N) is 1. The summed E-state index contributed by atoms with van der Waals surface area (Å²) in [5.41, 5.74) is 9.83. The van der Waals surface area contributed by atoms with E-state index in [1.807, 2.05) is 40.7 Å². The predicted octanol–water partition coefficient (Wildman–Crippen LogP) is 4.88. The van der Waals surface area contributed by atoms with Gasteiger partial charge >= 0.3 is 0 Å². The molecular weight excluding hydrogens is 362 g/mol. The lowest BCUT2D eigenvalue weighted by Crippen LogP contribution is -2.48. The number of hydrogen-bond donors (Lipinski definition) is 2. The molecule has 4 heteroatoms. The third-order valence-electron chi connectivity index (χ3n) is 7.04. The maximum absolute atomic E-state index is 13.4. The van der Waals surface area contributed by atoms with E-state index in [1.165, 1.54) is 0 Å². The van der Waals surface area contributed by atoms with E-state index in [0.717, 1.165) is 36.0 Å². The number of ketones is 2. The second-order valence-corrected chi connectivity index (χ2v) is 8.43. The van der Waals surface area contributed by atoms with E-state index in [1.54, 1.807) is 12.1 Å². The molecule has 4 rings (SSSR count). The summed E-state index contributed by atoms with van der Waals surface area (Å²) in [6, 6.07) is 5.25. The summed E-state index contributed by atoms with van der Waals surface area (Å²) in [6.45, 7) is 13.6. The quantitative estimate of drug-likeness (QED) is 0.713. The van der Waals surface area contributed by atoms with Gasteiger partial charge in [-0.05, 0) is 63.5 Å². The zero-order valence-electron chi connectivity index (χ0n) is 18.1. The van der Waals surface area contributed by atoms with Gasteiger partial charge in [0.25, 0.3) is 0 Å². The first-order chi connectivity index (χ1) is 13.7. The number of phenols is 1. The van der Waals surface area contributed by atoms with Crippen LogP contribution in [-0.4, -0.2) is 16.7 Å². The van der Waals surface area contributed by atoms with Crippen molar-refractivity contribution in [2.75, 3.05) is 0 Å². The summed E-state index contributed by atoms with van der Waals surface area (Å²) in [7, 11) is 0. The molecule has 0 aliphatic heterocycles. The van der Waals surface area contributed by atoms with Gasteiger partial charge in [-0.1, -0.05) is 43.7 Å². The maximum Gasteiger partial charge on any atom is 0.193 e. The fraction of sp³-hybridized carbons (Fsp3) is 0.440. The van der Waals surface area contributed by atoms with E-state index in [4.69, 9.17) is 5.73 Å². The number of benzene rings is 1. The van der Waals surface area contributed by atoms with Crippen molar-refractivity contribution in [3.63, 3.8) is 0 Å². The number of rotatable bonds is 1. The highest BCUT2D eigenvalue weighted by Gasteiger charge is 2.54. The average molecular weight is 394 g/mol. The Kier molecular flexibility index (Phi) is 5.33. The van der Waals surface area contributed by atoms with E-state index in [0.29, 0.717) is 22.4 Å². The van der Waals surface area contributed by atoms with Crippen LogP contribution in [0.3, 0.4) is 0 Å². The molecule has 3 aliphatic carbocycles. The van der Waals surface area contributed by atoms with Crippen LogP contribution in [0, 0.1) is 17.3 Å². The van der Waals surface area contributed by atoms with Gasteiger partial charge in [-0.3, -0.25) is 9.59 Å². The molecule has 1 aromatic carbocycles. The second kappa shape index (κ2) is 7.33. The topological polar surface area (TPSA) is 80.4 Å². The number of carbonyl (C=O) groups excluding carboxylic acids is 2. The van der Waals surface area contributed by atoms with Gasteiger partial charge in [0, 0.05) is 16.8 Å². The molecule has 2 unspecified atom stereocenters. The third kappa shape index (κ3) is 2.88. The van der Waals surface area contributed by atoms with Gasteiger partial charge in [0.15, 0.2) is 11.6 Å². The Morgan fingerprint density at radius 2 is 1.86 bits per heavy atom. The summed E-state index contributed by atoms with van der Waals surface area (Å²) in [5, 5.41) is 10.3. The van der Waals surface area contributed by atoms with Crippen LogP contribution in [0.25, 0.3) is 0 Å². The zero-order valence-corrected chi connectivity index (χ0v) is 18.1. The van der Waals surface area contributed by atoms with Gasteiger partial charge < -0.3 is 10.8 Å². The number of Topliss-reactive ketones (excluding diaryl/α,β-unsaturated/α-hetero) is 2. The molecular formula is C25H31NO3. The van der Waals surface area contributed by atoms with Gasteiger partial charge in [0.2, 0.25) is 0 Å². The largest absolute Gasteiger partial charge is 0.507 e. The van der Waals surface area contributed by atoms with Crippen molar-refractivity contribution >= 4 is 11.6 Å². The summed E-state index contributed by atoms with van der Waals surface area (Å²) in [4.78, 5) is 26.7. The highest BCUT2D eigenvalue weighted by Crippen LogP contribution is 2.56. The minimum Gasteiger partial charge on any atom is -0.507 e. The lowest BCUT2D eigenvalue weighted by molar-refractivity contribution is -0.126. The Balaban J connectivity index is 0.00000117. The van der Waals surface area contributed by atoms with E-state index >= 15 is 0 Å². The summed E-state index contributed by atoms with van der Waals surface area (Å²) in [5.74, 6) is 0.0960. The molecule has 3 N–H and O–H groups in total. The Morgan fingerprint density at radius 3 is 2.48 bits per heavy atom. The number of carbonyl (C=O) groups is 2. The van der Waals surface area contributed by atoms with Crippen molar-refractivity contribution < 1.29 is 14.7 Å². The number of phenolic OH excluding ortho intramolecular Hbond substituents is 1. The van der Waals surface area contributed by atoms with Crippen molar-refractivity contribution in [1.82, 2.24) is 0 Å². The third-order valence-corrected chi connectivity index (χ3v) is 7.04. The monoisotopic (exact) mass is 393 g/mol. The van der Waals surface area contributed by atoms with Crippen molar-refractivity contribution in [1.29, 1.82) is 0 Å². The van der Waals surface area contributed by atoms with Crippen molar-refractivity contribution in [2.45, 2.75) is 53.9 Å². The molecule has 0 fully saturated rings. The molecule has 3 aliphatic rings. The van der Waals surface area contributed by atoms with Crippen LogP contribution in [0.2, 0.25) is 0 Å². The van der Waals surface area contributed by atoms with Crippen LogP contribution < -0.4 is 5.73 Å². The molecule has 3 atom stereocenters. The molecule has 0 saturated heterocycles. The van der Waals surface area contributed by atoms with E-state index in [9.17, 15) is 14.7 Å². The van der Waals surface area contributed by atoms with E-state index < -0.39 is 5.41 Å². The first-order valence-corrected chi connectivity index (χ1v) is 10.4. The Morgan fingerprint density at radius 1 is 1.21 bits per heavy atom. The Labute approximate surface area is 173 Å². The number of fused-ring (bicyclic) bond motifs is 3. The maximum atomic E-state index is 13.4. The first-order valence-electron chi connectivity index (χ1n) is 10.4. The van der Waals surface area contributed by atoms with Crippen LogP contribution >= 0.6 is 0 Å². The highest BCUT2D eigenvalue weighted by molar-refractivity contribution is 6.15. The molecule has 29 heavy (non-hydrogen) atoms. The van der Waals surface area contributed by atoms with Crippen LogP contribution in [0.5, 0.6) is 5.75 Å². The minimum atomic E-state index is -0.749. The van der Waals surface area contributed by atoms with E-state index in [-0.39, 0.29) is 29.2 Å². The predicted molar refractivity (Wildman–Crippen MR) is 116 cm³/mol. The standard InChI is InChI=1S/C23H25NO3.C2H6/c1-11-8-16-10-15-9-14-6-5-7-17(25)20(14)21(26)19(15)12(2)23(16,4)22(27)18(11)13(3)24;1-2/h5-7,15-16,25H,3,8-10,24H2,1-2,4H3;1-2H3/t15?,16?,23-;/m0./s1. The van der Waals surface area contributed by atoms with Crippen LogP contribution in [0.4, 0.5) is 0 Å². The normalized spacial score (nSPS) is 28.2. The molecule has 0 radical (unpaired) electrons. The lowest BCUT2D eigenvalue weighted by atomic mass is 9.52. The summed E-state index contributed by atoms with van der Waals surface area (Å²) >= 11 is 0. The van der Waals surface area contributed by atoms with Gasteiger partial charge in [0.1, 0.15) is 5.75 Å². The smallest absolute Gasteiger partial charge is 0.193 e. The van der Waals surface area contributed by atoms with Crippen LogP contribution in [-0.2, 0) is 11.2 Å². The van der Waals surface area contributed by atoms with E-state index in [2.05, 4.69) is 6.58 Å². The van der Waals surface area contributed by atoms with Gasteiger partial charge in [0.05, 0.1) is 11.0 Å². The molecule has 0 saturated carbocycles. The molecule has 0 amide bonds. The zero-order chi connectivity index (χ0) is 21.7. The average Bonchev–Trinajstić information content (AvgIpc) is 2.66. The Bertz CT molecular complexity index is 982. The van der Waals surface area contributed by atoms with Crippen LogP contribution in [0.1, 0.15) is 63.4 Å². The number of allylic oxidation sites excluding steroid dienone is 4. The summed E-state index contributed by atoms with van der Waals surface area (Å²) in [6.07, 6.45) is 2.30. The fourth-order valence-corrected chi connectivity index (χ4v) is 5.54. The fourth-order valence-electron chi connectivity index (χ4n) is 5.54. The first kappa shape index (κ1) is 21.1. The SMILES string of the molecule is C=C(N)C1=C(C)CC2CC3Cc4cccc(O)c4C(=O)C3=C(C)[C@]2(C)C1=O.CC. The van der Waals surface area contributed by atoms with Crippen molar-refractivity contribution in [3.8, 4) is 5.75 Å². The van der Waals surface area contributed by atoms with Gasteiger partial charge in [-0.25, -0.2) is 0 Å². The Hall–Kier alpha value is -2.62.